The molecule has 0 bridgehead atoms. The van der Waals surface area contributed by atoms with E-state index in [0.717, 1.165) is 53.6 Å². The molecule has 0 unspecified atom stereocenters. The smallest absolute Gasteiger partial charge is 0.251 e. The number of aromatic amines is 1. The van der Waals surface area contributed by atoms with Gasteiger partial charge in [0.05, 0.1) is 24.2 Å². The summed E-state index contributed by atoms with van der Waals surface area (Å²) in [4.78, 5) is 23.2. The van der Waals surface area contributed by atoms with E-state index in [1.807, 2.05) is 48.5 Å². The highest BCUT2D eigenvalue weighted by molar-refractivity contribution is 7.98. The average molecular weight is 459 g/mol. The van der Waals surface area contributed by atoms with Crippen molar-refractivity contribution in [2.24, 2.45) is 0 Å². The number of rotatable bonds is 7. The van der Waals surface area contributed by atoms with Crippen LogP contribution in [0.25, 0.3) is 11.0 Å². The number of ether oxygens (including phenoxy) is 1. The second kappa shape index (κ2) is 10.1. The van der Waals surface area contributed by atoms with Gasteiger partial charge >= 0.3 is 0 Å². The number of imidazole rings is 1. The Labute approximate surface area is 197 Å². The Bertz CT molecular complexity index is 1200. The number of fused-ring (bicyclic) bond motifs is 1. The zero-order valence-corrected chi connectivity index (χ0v) is 19.1. The minimum Gasteiger partial charge on any atom is -0.378 e. The summed E-state index contributed by atoms with van der Waals surface area (Å²) in [6.07, 6.45) is 0. The highest BCUT2D eigenvalue weighted by Crippen LogP contribution is 2.25. The van der Waals surface area contributed by atoms with Gasteiger partial charge in [-0.25, -0.2) is 4.98 Å². The maximum Gasteiger partial charge on any atom is 0.251 e. The molecule has 2 heterocycles. The molecule has 0 atom stereocenters. The molecule has 33 heavy (non-hydrogen) atoms. The van der Waals surface area contributed by atoms with E-state index < -0.39 is 0 Å². The summed E-state index contributed by atoms with van der Waals surface area (Å²) in [5.74, 6) is 0.602. The molecule has 2 N–H and O–H groups in total. The van der Waals surface area contributed by atoms with Crippen molar-refractivity contribution in [2.75, 3.05) is 31.2 Å². The molecule has 1 fully saturated rings. The fourth-order valence-corrected chi connectivity index (χ4v) is 4.82. The zero-order valence-electron chi connectivity index (χ0n) is 18.3. The highest BCUT2D eigenvalue weighted by atomic mass is 32.2. The van der Waals surface area contributed by atoms with Crippen LogP contribution in [0.15, 0.2) is 78.0 Å². The number of nitrogens with one attached hydrogen (secondary N) is 2. The van der Waals surface area contributed by atoms with Crippen molar-refractivity contribution >= 4 is 34.4 Å². The fraction of sp³-hybridized carbons (Fsp3) is 0.231. The number of morpholine rings is 1. The van der Waals surface area contributed by atoms with Crippen LogP contribution in [0.5, 0.6) is 0 Å². The number of amides is 1. The number of thioether (sulfide) groups is 1. The minimum absolute atomic E-state index is 0.0620. The van der Waals surface area contributed by atoms with Crippen LogP contribution < -0.4 is 10.2 Å². The second-order valence-electron chi connectivity index (χ2n) is 7.95. The first-order chi connectivity index (χ1) is 16.3. The van der Waals surface area contributed by atoms with Crippen molar-refractivity contribution in [2.45, 2.75) is 17.5 Å². The number of anilines is 1. The van der Waals surface area contributed by atoms with Gasteiger partial charge in [-0.2, -0.15) is 0 Å². The number of nitrogens with zero attached hydrogens (tertiary/aromatic N) is 2. The van der Waals surface area contributed by atoms with Gasteiger partial charge in [-0.1, -0.05) is 54.2 Å². The predicted octanol–water partition coefficient (Wildman–Crippen LogP) is 4.62. The Morgan fingerprint density at radius 1 is 1.00 bits per heavy atom. The summed E-state index contributed by atoms with van der Waals surface area (Å²) >= 11 is 1.60. The van der Waals surface area contributed by atoms with E-state index in [2.05, 4.69) is 44.5 Å². The number of hydrogen-bond donors (Lipinski definition) is 2. The first-order valence-corrected chi connectivity index (χ1v) is 12.1. The van der Waals surface area contributed by atoms with Crippen molar-refractivity contribution in [3.05, 3.63) is 89.5 Å². The molecule has 4 aromatic rings. The number of H-pyrrole nitrogens is 1. The van der Waals surface area contributed by atoms with Gasteiger partial charge in [0.1, 0.15) is 0 Å². The van der Waals surface area contributed by atoms with E-state index in [1.165, 1.54) is 5.69 Å². The SMILES string of the molecule is O=C(NCc1ccc(N2CCOCC2)cc1)c1ccccc1CSc1nc2ccccc2[nH]1. The molecule has 1 saturated heterocycles. The van der Waals surface area contributed by atoms with Crippen LogP contribution in [-0.4, -0.2) is 42.2 Å². The number of hydrogen-bond acceptors (Lipinski definition) is 5. The molecule has 5 rings (SSSR count). The molecule has 0 spiro atoms. The fourth-order valence-electron chi connectivity index (χ4n) is 3.94. The summed E-state index contributed by atoms with van der Waals surface area (Å²) in [6, 6.07) is 24.1. The van der Waals surface area contributed by atoms with Gasteiger partial charge in [-0.3, -0.25) is 4.79 Å². The van der Waals surface area contributed by atoms with Crippen LogP contribution in [0.2, 0.25) is 0 Å². The lowest BCUT2D eigenvalue weighted by molar-refractivity contribution is 0.0950. The minimum atomic E-state index is -0.0620. The highest BCUT2D eigenvalue weighted by Gasteiger charge is 2.13. The molecule has 0 aliphatic carbocycles. The Balaban J connectivity index is 1.20. The van der Waals surface area contributed by atoms with Crippen molar-refractivity contribution in [3.8, 4) is 0 Å². The lowest BCUT2D eigenvalue weighted by atomic mass is 10.1. The number of carbonyl (C=O) groups is 1. The molecule has 1 aromatic heterocycles. The Hall–Kier alpha value is -3.29. The molecular formula is C26H26N4O2S. The molecule has 0 radical (unpaired) electrons. The predicted molar refractivity (Wildman–Crippen MR) is 133 cm³/mol. The third-order valence-corrected chi connectivity index (χ3v) is 6.68. The molecule has 0 saturated carbocycles. The average Bonchev–Trinajstić information content (AvgIpc) is 3.30. The Morgan fingerprint density at radius 2 is 1.76 bits per heavy atom. The van der Waals surface area contributed by atoms with E-state index in [9.17, 15) is 4.79 Å². The van der Waals surface area contributed by atoms with Gasteiger partial charge in [0.2, 0.25) is 0 Å². The molecule has 1 aliphatic heterocycles. The maximum atomic E-state index is 12.9. The van der Waals surface area contributed by atoms with Gasteiger partial charge < -0.3 is 19.9 Å². The number of carbonyl (C=O) groups excluding carboxylic acids is 1. The lowest BCUT2D eigenvalue weighted by Crippen LogP contribution is -2.36. The van der Waals surface area contributed by atoms with E-state index in [-0.39, 0.29) is 5.91 Å². The zero-order chi connectivity index (χ0) is 22.5. The summed E-state index contributed by atoms with van der Waals surface area (Å²) in [5.41, 5.74) is 5.93. The van der Waals surface area contributed by atoms with E-state index in [1.54, 1.807) is 11.8 Å². The maximum absolute atomic E-state index is 12.9. The van der Waals surface area contributed by atoms with Crippen LogP contribution in [0, 0.1) is 0 Å². The molecule has 3 aromatic carbocycles. The summed E-state index contributed by atoms with van der Waals surface area (Å²) < 4.78 is 5.42. The molecular weight excluding hydrogens is 432 g/mol. The van der Waals surface area contributed by atoms with Crippen LogP contribution in [0.1, 0.15) is 21.5 Å². The first-order valence-electron chi connectivity index (χ1n) is 11.1. The largest absolute Gasteiger partial charge is 0.378 e. The molecule has 6 nitrogen and oxygen atoms in total. The quantitative estimate of drug-likeness (QED) is 0.396. The number of benzene rings is 3. The van der Waals surface area contributed by atoms with Crippen molar-refractivity contribution in [3.63, 3.8) is 0 Å². The standard InChI is InChI=1S/C26H26N4O2S/c31-25(27-17-19-9-11-21(12-10-19)30-13-15-32-16-14-30)22-6-2-1-5-20(22)18-33-26-28-23-7-3-4-8-24(23)29-26/h1-12H,13-18H2,(H,27,31)(H,28,29). The van der Waals surface area contributed by atoms with Gasteiger partial charge in [-0.15, -0.1) is 0 Å². The van der Waals surface area contributed by atoms with Crippen molar-refractivity contribution < 1.29 is 9.53 Å². The number of para-hydroxylation sites is 2. The number of aromatic nitrogens is 2. The van der Waals surface area contributed by atoms with Crippen molar-refractivity contribution in [1.82, 2.24) is 15.3 Å². The van der Waals surface area contributed by atoms with Gasteiger partial charge in [0, 0.05) is 36.6 Å². The van der Waals surface area contributed by atoms with Crippen LogP contribution in [0.3, 0.4) is 0 Å². The van der Waals surface area contributed by atoms with E-state index in [4.69, 9.17) is 4.74 Å². The van der Waals surface area contributed by atoms with E-state index in [0.29, 0.717) is 17.9 Å². The molecule has 1 aliphatic rings. The lowest BCUT2D eigenvalue weighted by Gasteiger charge is -2.28. The van der Waals surface area contributed by atoms with Crippen LogP contribution in [-0.2, 0) is 17.0 Å². The molecule has 1 amide bonds. The topological polar surface area (TPSA) is 70.2 Å². The molecule has 168 valence electrons. The van der Waals surface area contributed by atoms with Gasteiger partial charge in [0.15, 0.2) is 5.16 Å². The second-order valence-corrected chi connectivity index (χ2v) is 8.92. The summed E-state index contributed by atoms with van der Waals surface area (Å²) in [5, 5.41) is 3.92. The molecule has 7 heteroatoms. The van der Waals surface area contributed by atoms with Gasteiger partial charge in [-0.05, 0) is 41.5 Å². The Morgan fingerprint density at radius 3 is 2.58 bits per heavy atom. The first kappa shape index (κ1) is 21.6. The van der Waals surface area contributed by atoms with Gasteiger partial charge in [0.25, 0.3) is 5.91 Å². The third kappa shape index (κ3) is 5.21. The van der Waals surface area contributed by atoms with Crippen LogP contribution in [0.4, 0.5) is 5.69 Å². The van der Waals surface area contributed by atoms with Crippen LogP contribution >= 0.6 is 11.8 Å². The van der Waals surface area contributed by atoms with E-state index >= 15 is 0 Å². The monoisotopic (exact) mass is 458 g/mol. The van der Waals surface area contributed by atoms with Crippen molar-refractivity contribution in [1.29, 1.82) is 0 Å². The summed E-state index contributed by atoms with van der Waals surface area (Å²) in [7, 11) is 0. The summed E-state index contributed by atoms with van der Waals surface area (Å²) in [6.45, 7) is 3.86. The Kier molecular flexibility index (Phi) is 6.60. The normalized spacial score (nSPS) is 13.9. The third-order valence-electron chi connectivity index (χ3n) is 5.76.